The third kappa shape index (κ3) is 31.8. The summed E-state index contributed by atoms with van der Waals surface area (Å²) in [5, 5.41) is 120. The van der Waals surface area contributed by atoms with Gasteiger partial charge in [0, 0.05) is 6.42 Å². The van der Waals surface area contributed by atoms with Crippen LogP contribution < -0.4 is 5.32 Å². The fourth-order valence-corrected chi connectivity index (χ4v) is 11.6. The topological polar surface area (TPSA) is 307 Å². The number of aliphatic hydroxyl groups excluding tert-OH is 11. The predicted molar refractivity (Wildman–Crippen MR) is 333 cm³/mol. The molecule has 0 aromatic rings. The number of aliphatic hydroxyl groups is 11. The van der Waals surface area contributed by atoms with Crippen molar-refractivity contribution in [2.75, 3.05) is 26.4 Å². The lowest BCUT2D eigenvalue weighted by Gasteiger charge is -2.48. The maximum atomic E-state index is 13.4. The van der Waals surface area contributed by atoms with Crippen LogP contribution in [0.25, 0.3) is 0 Å². The fourth-order valence-electron chi connectivity index (χ4n) is 11.6. The molecule has 0 aromatic carbocycles. The van der Waals surface area contributed by atoms with Gasteiger partial charge in [0.15, 0.2) is 18.9 Å². The minimum Gasteiger partial charge on any atom is -0.394 e. The van der Waals surface area contributed by atoms with Crippen LogP contribution >= 0.6 is 0 Å². The van der Waals surface area contributed by atoms with Crippen LogP contribution in [-0.4, -0.2) is 193 Å². The van der Waals surface area contributed by atoms with E-state index in [0.717, 1.165) is 83.5 Å². The minimum absolute atomic E-state index is 0.235. The number of unbranched alkanes of at least 4 members (excludes halogenated alkanes) is 32. The van der Waals surface area contributed by atoms with Gasteiger partial charge in [-0.05, 0) is 51.4 Å². The van der Waals surface area contributed by atoms with Gasteiger partial charge in [-0.2, -0.15) is 0 Å². The first kappa shape index (κ1) is 78.3. The minimum atomic E-state index is -1.98. The van der Waals surface area contributed by atoms with Gasteiger partial charge in [-0.25, -0.2) is 0 Å². The van der Waals surface area contributed by atoms with Gasteiger partial charge in [0.25, 0.3) is 0 Å². The normalized spacial score (nSPS) is 29.0. The molecule has 0 saturated carbocycles. The van der Waals surface area contributed by atoms with Crippen LogP contribution in [0.5, 0.6) is 0 Å². The average molecular weight is 1230 g/mol. The first-order valence-electron chi connectivity index (χ1n) is 34.2. The summed E-state index contributed by atoms with van der Waals surface area (Å²) in [7, 11) is 0. The number of hydrogen-bond donors (Lipinski definition) is 12. The molecule has 0 spiro atoms. The zero-order valence-corrected chi connectivity index (χ0v) is 53.0. The highest BCUT2D eigenvalue weighted by Crippen LogP contribution is 2.33. The highest BCUT2D eigenvalue weighted by atomic mass is 16.8. The first-order valence-corrected chi connectivity index (χ1v) is 34.2. The van der Waals surface area contributed by atoms with E-state index in [2.05, 4.69) is 43.5 Å². The standard InChI is InChI=1S/C67H123NO18/c1-3-5-7-9-11-13-15-17-19-21-22-23-24-25-26-27-29-30-32-34-36-38-40-42-44-51(72)50(68-55(73)45-43-41-39-37-35-33-31-28-20-18-16-14-12-10-8-6-4-2)49-81-65-61(79)58(76)63(53(47-70)83-65)86-67-62(80)59(77)64(54(48-71)84-67)85-66-60(78)57(75)56(74)52(46-69)82-66/h12,14,18,20,42,44,50-54,56-67,69-72,74-80H,3-11,13,15-17,19,21-41,43,45-49H2,1-2H3,(H,68,73)/b14-12-,20-18-,44-42+. The van der Waals surface area contributed by atoms with Gasteiger partial charge in [-0.15, -0.1) is 0 Å². The van der Waals surface area contributed by atoms with Crippen LogP contribution in [0.15, 0.2) is 36.5 Å². The van der Waals surface area contributed by atoms with Crippen molar-refractivity contribution in [2.45, 2.75) is 356 Å². The van der Waals surface area contributed by atoms with E-state index in [4.69, 9.17) is 28.4 Å². The number of nitrogens with one attached hydrogen (secondary N) is 1. The Hall–Kier alpha value is -1.99. The summed E-state index contributed by atoms with van der Waals surface area (Å²) in [6, 6.07) is -0.977. The summed E-state index contributed by atoms with van der Waals surface area (Å²) < 4.78 is 34.3. The van der Waals surface area contributed by atoms with Gasteiger partial charge < -0.3 is 89.9 Å². The highest BCUT2D eigenvalue weighted by molar-refractivity contribution is 5.76. The Bertz CT molecular complexity index is 1710. The molecule has 3 aliphatic rings. The lowest BCUT2D eigenvalue weighted by molar-refractivity contribution is -0.379. The van der Waals surface area contributed by atoms with Crippen LogP contribution in [0.1, 0.15) is 251 Å². The molecule has 3 aliphatic heterocycles. The summed E-state index contributed by atoms with van der Waals surface area (Å²) >= 11 is 0. The quantitative estimate of drug-likeness (QED) is 0.0201. The molecule has 19 heteroatoms. The number of carbonyl (C=O) groups is 1. The monoisotopic (exact) mass is 1230 g/mol. The molecule has 17 unspecified atom stereocenters. The Balaban J connectivity index is 1.45. The third-order valence-electron chi connectivity index (χ3n) is 17.2. The van der Waals surface area contributed by atoms with Crippen molar-refractivity contribution in [3.05, 3.63) is 36.5 Å². The van der Waals surface area contributed by atoms with Crippen molar-refractivity contribution >= 4 is 5.91 Å². The van der Waals surface area contributed by atoms with Crippen molar-refractivity contribution in [2.24, 2.45) is 0 Å². The smallest absolute Gasteiger partial charge is 0.220 e. The van der Waals surface area contributed by atoms with Crippen LogP contribution in [-0.2, 0) is 33.2 Å². The van der Waals surface area contributed by atoms with Crippen molar-refractivity contribution in [1.29, 1.82) is 0 Å². The number of carbonyl (C=O) groups excluding carboxylic acids is 1. The Labute approximate surface area is 517 Å². The molecule has 0 aliphatic carbocycles. The summed E-state index contributed by atoms with van der Waals surface area (Å²) in [4.78, 5) is 13.4. The number of allylic oxidation sites excluding steroid dienone is 5. The van der Waals surface area contributed by atoms with Crippen LogP contribution in [0.4, 0.5) is 0 Å². The maximum absolute atomic E-state index is 13.4. The molecule has 17 atom stereocenters. The molecule has 3 fully saturated rings. The Morgan fingerprint density at radius 1 is 0.419 bits per heavy atom. The number of amides is 1. The van der Waals surface area contributed by atoms with E-state index in [1.54, 1.807) is 6.08 Å². The summed E-state index contributed by atoms with van der Waals surface area (Å²) in [6.07, 6.45) is 29.7. The molecule has 3 saturated heterocycles. The molecular formula is C67H123NO18. The zero-order chi connectivity index (χ0) is 62.6. The third-order valence-corrected chi connectivity index (χ3v) is 17.2. The molecule has 0 radical (unpaired) electrons. The fraction of sp³-hybridized carbons (Fsp3) is 0.896. The Kier molecular flexibility index (Phi) is 45.2. The van der Waals surface area contributed by atoms with Gasteiger partial charge in [-0.3, -0.25) is 4.79 Å². The average Bonchev–Trinajstić information content (AvgIpc) is 2.24. The maximum Gasteiger partial charge on any atom is 0.220 e. The Morgan fingerprint density at radius 2 is 0.767 bits per heavy atom. The van der Waals surface area contributed by atoms with Crippen molar-refractivity contribution in [3.8, 4) is 0 Å². The SMILES string of the molecule is CCCCC/C=C\C/C=C\CCCCCCCCCC(=O)NC(COC1OC(CO)C(OC2OC(CO)C(OC3OC(CO)C(O)C(O)C3O)C(O)C2O)C(O)C1O)C(O)/C=C/CCCCCCCCCCCCCCCCCCCCCCCC. The highest BCUT2D eigenvalue weighted by Gasteiger charge is 2.53. The predicted octanol–water partition coefficient (Wildman–Crippen LogP) is 8.44. The summed E-state index contributed by atoms with van der Waals surface area (Å²) in [6.45, 7) is 1.72. The Morgan fingerprint density at radius 3 is 1.21 bits per heavy atom. The summed E-state index contributed by atoms with van der Waals surface area (Å²) in [5.41, 5.74) is 0. The van der Waals surface area contributed by atoms with E-state index in [9.17, 15) is 61.0 Å². The van der Waals surface area contributed by atoms with E-state index < -0.39 is 124 Å². The van der Waals surface area contributed by atoms with E-state index in [0.29, 0.717) is 6.42 Å². The van der Waals surface area contributed by atoms with E-state index in [1.807, 2.05) is 6.08 Å². The van der Waals surface area contributed by atoms with Crippen molar-refractivity contribution in [3.63, 3.8) is 0 Å². The lowest BCUT2D eigenvalue weighted by atomic mass is 9.96. The second-order valence-electron chi connectivity index (χ2n) is 24.6. The van der Waals surface area contributed by atoms with E-state index in [-0.39, 0.29) is 18.9 Å². The molecule has 1 amide bonds. The molecular weight excluding hydrogens is 1110 g/mol. The summed E-state index contributed by atoms with van der Waals surface area (Å²) in [5.74, 6) is -0.282. The number of ether oxygens (including phenoxy) is 6. The van der Waals surface area contributed by atoms with E-state index in [1.165, 1.54) is 141 Å². The van der Waals surface area contributed by atoms with Crippen LogP contribution in [0, 0.1) is 0 Å². The molecule has 504 valence electrons. The second-order valence-corrected chi connectivity index (χ2v) is 24.6. The molecule has 19 nitrogen and oxygen atoms in total. The zero-order valence-electron chi connectivity index (χ0n) is 53.0. The van der Waals surface area contributed by atoms with Crippen molar-refractivity contribution < 1.29 is 89.4 Å². The van der Waals surface area contributed by atoms with Gasteiger partial charge in [-0.1, -0.05) is 230 Å². The second kappa shape index (κ2) is 49.7. The largest absolute Gasteiger partial charge is 0.394 e. The van der Waals surface area contributed by atoms with Gasteiger partial charge in [0.05, 0.1) is 38.6 Å². The molecule has 86 heavy (non-hydrogen) atoms. The van der Waals surface area contributed by atoms with Crippen LogP contribution in [0.2, 0.25) is 0 Å². The molecule has 3 heterocycles. The van der Waals surface area contributed by atoms with Gasteiger partial charge >= 0.3 is 0 Å². The van der Waals surface area contributed by atoms with Crippen LogP contribution in [0.3, 0.4) is 0 Å². The molecule has 3 rings (SSSR count). The number of hydrogen-bond acceptors (Lipinski definition) is 18. The number of rotatable bonds is 52. The lowest BCUT2D eigenvalue weighted by Crippen LogP contribution is -2.66. The molecule has 12 N–H and O–H groups in total. The first-order chi connectivity index (χ1) is 41.8. The molecule has 0 bridgehead atoms. The molecule has 0 aromatic heterocycles. The van der Waals surface area contributed by atoms with Gasteiger partial charge in [0.1, 0.15) is 73.2 Å². The van der Waals surface area contributed by atoms with E-state index >= 15 is 0 Å². The van der Waals surface area contributed by atoms with Crippen molar-refractivity contribution in [1.82, 2.24) is 5.32 Å². The van der Waals surface area contributed by atoms with Gasteiger partial charge in [0.2, 0.25) is 5.91 Å².